The topological polar surface area (TPSA) is 362 Å². The number of fused-ring (bicyclic) bond motifs is 12. The molecule has 4 aliphatic rings. The fourth-order valence-corrected chi connectivity index (χ4v) is 11.8. The molecule has 0 fully saturated rings. The molecule has 0 saturated heterocycles. The van der Waals surface area contributed by atoms with Gasteiger partial charge in [-0.1, -0.05) is 42.5 Å². The minimum Gasteiger partial charge on any atom is -0.508 e. The number of carbonyl (C=O) groups excluding carboxylic acids is 5. The molecule has 4 heterocycles. The number of carboxylic acids is 2. The van der Waals surface area contributed by atoms with E-state index in [2.05, 4.69) is 37.2 Å². The van der Waals surface area contributed by atoms with Crippen molar-refractivity contribution in [1.29, 1.82) is 0 Å². The van der Waals surface area contributed by atoms with Crippen LogP contribution in [0.4, 0.5) is 11.4 Å². The molecule has 11 rings (SSSR count). The third-order valence-electron chi connectivity index (χ3n) is 15.5. The Kier molecular flexibility index (Phi) is 16.9. The fourth-order valence-electron chi connectivity index (χ4n) is 11.4. The van der Waals surface area contributed by atoms with Crippen molar-refractivity contribution in [1.82, 2.24) is 26.6 Å². The van der Waals surface area contributed by atoms with Crippen LogP contribution in [0.5, 0.6) is 46.0 Å². The summed E-state index contributed by atoms with van der Waals surface area (Å²) in [4.78, 5) is 93.2. The maximum absolute atomic E-state index is 14.1. The molecular formula is C64H55N7O17S2. The highest BCUT2D eigenvalue weighted by Gasteiger charge is 2.55. The van der Waals surface area contributed by atoms with Gasteiger partial charge in [-0.15, -0.1) is 0 Å². The van der Waals surface area contributed by atoms with Crippen LogP contribution >= 0.6 is 24.4 Å². The van der Waals surface area contributed by atoms with Crippen LogP contribution < -0.4 is 46.7 Å². The second-order valence-electron chi connectivity index (χ2n) is 21.5. The first-order valence-electron chi connectivity index (χ1n) is 28.1. The van der Waals surface area contributed by atoms with Crippen LogP contribution in [0.2, 0.25) is 0 Å². The molecule has 4 aliphatic heterocycles. The van der Waals surface area contributed by atoms with Gasteiger partial charge in [0.1, 0.15) is 64.1 Å². The number of amides is 3. The Morgan fingerprint density at radius 2 is 0.933 bits per heavy atom. The first-order chi connectivity index (χ1) is 43.2. The molecule has 3 atom stereocenters. The van der Waals surface area contributed by atoms with Crippen molar-refractivity contribution in [3.63, 3.8) is 0 Å². The Morgan fingerprint density at radius 3 is 1.40 bits per heavy atom. The number of rotatable bonds is 20. The molecule has 0 aliphatic carbocycles. The van der Waals surface area contributed by atoms with E-state index in [0.29, 0.717) is 56.7 Å². The molecule has 0 radical (unpaired) electrons. The number of phenolic OH excluding ortho intramolecular Hbond substituents is 4. The number of anilines is 2. The van der Waals surface area contributed by atoms with Gasteiger partial charge in [0.25, 0.3) is 0 Å². The average molecular weight is 1260 g/mol. The van der Waals surface area contributed by atoms with E-state index in [9.17, 15) is 64.2 Å². The van der Waals surface area contributed by atoms with Crippen LogP contribution in [0.15, 0.2) is 140 Å². The van der Waals surface area contributed by atoms with E-state index in [1.807, 2.05) is 0 Å². The summed E-state index contributed by atoms with van der Waals surface area (Å²) >= 11 is 11.0. The second kappa shape index (κ2) is 25.0. The maximum Gasteiger partial charge on any atom is 0.340 e. The number of carboxylic acid groups (broad SMARTS) is 2. The Hall–Kier alpha value is -11.0. The van der Waals surface area contributed by atoms with Crippen LogP contribution in [0.3, 0.4) is 0 Å². The molecule has 2 spiro atoms. The van der Waals surface area contributed by atoms with E-state index in [0.717, 1.165) is 0 Å². The summed E-state index contributed by atoms with van der Waals surface area (Å²) in [6.45, 7) is -0.231. The van der Waals surface area contributed by atoms with Crippen molar-refractivity contribution in [2.24, 2.45) is 0 Å². The Labute approximate surface area is 522 Å². The number of ether oxygens (including phenoxy) is 4. The van der Waals surface area contributed by atoms with Gasteiger partial charge in [-0.3, -0.25) is 19.2 Å². The zero-order valence-corrected chi connectivity index (χ0v) is 48.8. The Balaban J connectivity index is 0.684. The molecule has 0 bridgehead atoms. The lowest BCUT2D eigenvalue weighted by atomic mass is 9.77. The standard InChI is InChI=1S/C64H55N7O17S2/c72-35-11-17-43-50(27-35)85-51-28-36(73)12-18-44(51)63(43)41-15-9-33(25-39(41)59(83)87-63)67-61(89)65-23-5-4-8-48(58(81)82)71-56(79)47(21-22-55(77)78)70-57(80)49(24-32-6-2-1-3-7-32)69-54(76)31-66-62(90)68-34-10-16-42-40(26-34)60(84)88-64(42)45-19-13-37(74)29-52(45)86-53-30-38(75)14-20-46(53)64/h1-3,6-7,9-20,25-30,47-49,72-75H,4-5,8,21-24,31H2,(H,69,76)(H,70,80)(H,71,79)(H,77,78)(H,81,82)(H2,65,67,89)(H2,66,68,90)/t47-,48-,49-/m0/s1. The van der Waals surface area contributed by atoms with Gasteiger partial charge in [0, 0.05) is 88.4 Å². The van der Waals surface area contributed by atoms with Gasteiger partial charge in [-0.25, -0.2) is 14.4 Å². The van der Waals surface area contributed by atoms with Gasteiger partial charge in [0.15, 0.2) is 21.4 Å². The lowest BCUT2D eigenvalue weighted by Gasteiger charge is -2.36. The van der Waals surface area contributed by atoms with Crippen molar-refractivity contribution < 1.29 is 83.1 Å². The second-order valence-corrected chi connectivity index (χ2v) is 22.3. The highest BCUT2D eigenvalue weighted by atomic mass is 32.1. The zero-order valence-electron chi connectivity index (χ0n) is 47.2. The molecule has 0 aromatic heterocycles. The number of phenols is 4. The molecule has 0 unspecified atom stereocenters. The number of unbranched alkanes of at least 4 members (excludes halogenated alkanes) is 1. The number of carbonyl (C=O) groups is 7. The van der Waals surface area contributed by atoms with Crippen molar-refractivity contribution in [2.45, 2.75) is 67.9 Å². The highest BCUT2D eigenvalue weighted by Crippen LogP contribution is 2.59. The number of benzene rings is 7. The number of nitrogens with one attached hydrogen (secondary N) is 7. The smallest absolute Gasteiger partial charge is 0.340 e. The first-order valence-corrected chi connectivity index (χ1v) is 28.9. The molecule has 7 aromatic rings. The summed E-state index contributed by atoms with van der Waals surface area (Å²) in [5.41, 5.74) is 1.48. The first kappa shape index (κ1) is 60.7. The molecule has 26 heteroatoms. The van der Waals surface area contributed by atoms with Crippen molar-refractivity contribution in [2.75, 3.05) is 23.7 Å². The normalized spacial score (nSPS) is 14.7. The van der Waals surface area contributed by atoms with Gasteiger partial charge < -0.3 is 86.8 Å². The van der Waals surface area contributed by atoms with Gasteiger partial charge >= 0.3 is 23.9 Å². The summed E-state index contributed by atoms with van der Waals surface area (Å²) < 4.78 is 24.3. The molecule has 0 saturated carbocycles. The monoisotopic (exact) mass is 1260 g/mol. The Bertz CT molecular complexity index is 4030. The van der Waals surface area contributed by atoms with Gasteiger partial charge in [0.05, 0.1) is 17.7 Å². The van der Waals surface area contributed by atoms with Crippen LogP contribution in [0.1, 0.15) is 91.8 Å². The quantitative estimate of drug-likeness (QED) is 0.0213. The lowest BCUT2D eigenvalue weighted by Crippen LogP contribution is -2.57. The zero-order chi connectivity index (χ0) is 63.6. The van der Waals surface area contributed by atoms with Gasteiger partial charge in [0.2, 0.25) is 17.7 Å². The van der Waals surface area contributed by atoms with Crippen LogP contribution in [-0.2, 0) is 51.1 Å². The van der Waals surface area contributed by atoms with Gasteiger partial charge in [-0.05, 0) is 128 Å². The van der Waals surface area contributed by atoms with E-state index in [4.69, 9.17) is 43.4 Å². The average Bonchev–Trinajstić information content (AvgIpc) is 1.45. The molecule has 460 valence electrons. The summed E-state index contributed by atoms with van der Waals surface area (Å²) in [5, 5.41) is 80.3. The third-order valence-corrected chi connectivity index (χ3v) is 16.0. The summed E-state index contributed by atoms with van der Waals surface area (Å²) in [5.74, 6) is -6.11. The van der Waals surface area contributed by atoms with Crippen molar-refractivity contribution >= 4 is 87.6 Å². The predicted molar refractivity (Wildman–Crippen MR) is 329 cm³/mol. The van der Waals surface area contributed by atoms with Crippen molar-refractivity contribution in [3.05, 3.63) is 190 Å². The fraction of sp³-hybridized carbons (Fsp3) is 0.203. The maximum atomic E-state index is 14.1. The molecule has 90 heavy (non-hydrogen) atoms. The molecule has 24 nitrogen and oxygen atoms in total. The van der Waals surface area contributed by atoms with E-state index in [1.165, 1.54) is 54.6 Å². The summed E-state index contributed by atoms with van der Waals surface area (Å²) in [6.07, 6.45) is -0.588. The number of aromatic hydroxyl groups is 4. The van der Waals surface area contributed by atoms with E-state index in [-0.39, 0.29) is 93.2 Å². The van der Waals surface area contributed by atoms with Crippen LogP contribution in [-0.4, -0.2) is 114 Å². The highest BCUT2D eigenvalue weighted by molar-refractivity contribution is 7.80. The van der Waals surface area contributed by atoms with E-state index >= 15 is 0 Å². The van der Waals surface area contributed by atoms with E-state index in [1.54, 1.807) is 84.9 Å². The van der Waals surface area contributed by atoms with Gasteiger partial charge in [-0.2, -0.15) is 0 Å². The molecule has 7 aromatic carbocycles. The summed E-state index contributed by atoms with van der Waals surface area (Å²) in [6, 6.07) is 31.6. The van der Waals surface area contributed by atoms with Crippen molar-refractivity contribution in [3.8, 4) is 46.0 Å². The largest absolute Gasteiger partial charge is 0.508 e. The van der Waals surface area contributed by atoms with E-state index < -0.39 is 90.3 Å². The molecule has 3 amide bonds. The predicted octanol–water partition coefficient (Wildman–Crippen LogP) is 6.73. The minimum absolute atomic E-state index is 0.0574. The number of hydrogen-bond donors (Lipinski definition) is 13. The lowest BCUT2D eigenvalue weighted by molar-refractivity contribution is -0.143. The minimum atomic E-state index is -1.55. The number of aliphatic carboxylic acids is 2. The van der Waals surface area contributed by atoms with Crippen LogP contribution in [0.25, 0.3) is 0 Å². The third kappa shape index (κ3) is 12.2. The molecule has 13 N–H and O–H groups in total. The Morgan fingerprint density at radius 1 is 0.489 bits per heavy atom. The number of hydrogen-bond acceptors (Lipinski definition) is 17. The summed E-state index contributed by atoms with van der Waals surface area (Å²) in [7, 11) is 0. The van der Waals surface area contributed by atoms with Crippen LogP contribution in [0, 0.1) is 0 Å². The molecular weight excluding hydrogens is 1200 g/mol. The number of thiocarbonyl (C=S) groups is 2. The SMILES string of the molecule is O=C(O)CC[C@H](NC(=O)[C@H](Cc1ccccc1)NC(=O)CNC(=S)Nc1ccc2c(c1)C(=O)OC21c2ccc(O)cc2Oc2cc(O)ccc21)C(=O)N[C@@H](CCCCNC(=S)Nc1ccc2c(c1)C(=O)OC21c2ccc(O)cc2Oc2cc(O)ccc21)C(=O)O. The number of esters is 2.